The Hall–Kier alpha value is -0.810. The molecule has 31 heavy (non-hydrogen) atoms. The number of hydrogen-bond acceptors (Lipinski definition) is 4. The van der Waals surface area contributed by atoms with Crippen molar-refractivity contribution in [3.05, 3.63) is 0 Å². The van der Waals surface area contributed by atoms with Gasteiger partial charge in [0.25, 0.3) is 0 Å². The fourth-order valence-electron chi connectivity index (χ4n) is 7.75. The molecule has 0 unspecified atom stereocenters. The van der Waals surface area contributed by atoms with Gasteiger partial charge in [-0.05, 0) is 106 Å². The lowest BCUT2D eigenvalue weighted by atomic mass is 9.52. The van der Waals surface area contributed by atoms with Gasteiger partial charge in [-0.2, -0.15) is 0 Å². The molecule has 0 aromatic carbocycles. The molecular formula is C26H46N2O3. The van der Waals surface area contributed by atoms with E-state index in [2.05, 4.69) is 31.0 Å². The number of alkyl carbamates (subject to hydrolysis) is 1. The van der Waals surface area contributed by atoms with Crippen LogP contribution < -0.4 is 5.32 Å². The van der Waals surface area contributed by atoms with Gasteiger partial charge in [-0.25, -0.2) is 4.79 Å². The average molecular weight is 435 g/mol. The molecular weight excluding hydrogens is 388 g/mol. The second-order valence-electron chi connectivity index (χ2n) is 11.8. The van der Waals surface area contributed by atoms with Crippen LogP contribution in [0.25, 0.3) is 0 Å². The largest absolute Gasteiger partial charge is 0.446 e. The Kier molecular flexibility index (Phi) is 6.94. The molecule has 5 heteroatoms. The quantitative estimate of drug-likeness (QED) is 0.609. The number of ether oxygens (including phenoxy) is 1. The lowest BCUT2D eigenvalue weighted by Gasteiger charge is -2.55. The second kappa shape index (κ2) is 9.21. The first-order valence-corrected chi connectivity index (χ1v) is 13.2. The average Bonchev–Trinajstić information content (AvgIpc) is 3.36. The van der Waals surface area contributed by atoms with Crippen molar-refractivity contribution < 1.29 is 14.6 Å². The molecule has 0 radical (unpaired) electrons. The van der Waals surface area contributed by atoms with E-state index < -0.39 is 5.60 Å². The van der Waals surface area contributed by atoms with Crippen LogP contribution in [0.4, 0.5) is 4.79 Å². The standard InChI is InChI=1S/C26H46N2O3/c1-4-20-18-22(31-23(29)27-14-17-28-15-5-6-16-28)9-13-25(20,3)21-8-12-24(2)10-7-11-26(24,30)19-21/h20-22,30H,4-19H2,1-3H3,(H,27,29)/t20-,21+,22+,24+,25+,26+/m1/s1. The Balaban J connectivity index is 1.29. The molecule has 6 atom stereocenters. The van der Waals surface area contributed by atoms with E-state index in [9.17, 15) is 9.90 Å². The van der Waals surface area contributed by atoms with Crippen molar-refractivity contribution in [1.29, 1.82) is 0 Å². The molecule has 5 nitrogen and oxygen atoms in total. The molecule has 1 heterocycles. The summed E-state index contributed by atoms with van der Waals surface area (Å²) < 4.78 is 5.86. The molecule has 0 bridgehead atoms. The lowest BCUT2D eigenvalue weighted by molar-refractivity contribution is -0.136. The number of amides is 1. The minimum atomic E-state index is -0.459. The molecule has 4 aliphatic rings. The van der Waals surface area contributed by atoms with E-state index in [1.165, 1.54) is 38.5 Å². The van der Waals surface area contributed by atoms with Gasteiger partial charge in [-0.3, -0.25) is 0 Å². The number of aliphatic hydroxyl groups is 1. The maximum atomic E-state index is 12.4. The van der Waals surface area contributed by atoms with E-state index in [0.717, 1.165) is 58.2 Å². The van der Waals surface area contributed by atoms with Crippen LogP contribution in [0.2, 0.25) is 0 Å². The summed E-state index contributed by atoms with van der Waals surface area (Å²) in [6.07, 6.45) is 13.2. The second-order valence-corrected chi connectivity index (χ2v) is 11.8. The summed E-state index contributed by atoms with van der Waals surface area (Å²) in [5, 5.41) is 14.5. The van der Waals surface area contributed by atoms with Crippen molar-refractivity contribution in [2.75, 3.05) is 26.2 Å². The van der Waals surface area contributed by atoms with Crippen molar-refractivity contribution in [3.8, 4) is 0 Å². The third-order valence-corrected chi connectivity index (χ3v) is 10.2. The van der Waals surface area contributed by atoms with Gasteiger partial charge in [0, 0.05) is 13.1 Å². The Labute approximate surface area is 189 Å². The number of hydrogen-bond donors (Lipinski definition) is 2. The molecule has 4 rings (SSSR count). The summed E-state index contributed by atoms with van der Waals surface area (Å²) in [5.41, 5.74) is -0.0741. The molecule has 2 N–H and O–H groups in total. The molecule has 0 aromatic rings. The summed E-state index contributed by atoms with van der Waals surface area (Å²) in [6, 6.07) is 0. The SMILES string of the molecule is CC[C@@H]1C[C@@H](OC(=O)NCCN2CCCC2)CC[C@]1(C)[C@H]1CC[C@]2(C)CCC[C@]2(O)C1. The van der Waals surface area contributed by atoms with E-state index in [1.807, 2.05) is 0 Å². The highest BCUT2D eigenvalue weighted by molar-refractivity contribution is 5.67. The zero-order valence-electron chi connectivity index (χ0n) is 20.3. The van der Waals surface area contributed by atoms with Crippen LogP contribution in [0, 0.1) is 22.7 Å². The monoisotopic (exact) mass is 434 g/mol. The Bertz CT molecular complexity index is 636. The summed E-state index contributed by atoms with van der Waals surface area (Å²) in [6.45, 7) is 11.0. The van der Waals surface area contributed by atoms with Gasteiger partial charge in [-0.1, -0.05) is 27.2 Å². The third kappa shape index (κ3) is 4.64. The molecule has 178 valence electrons. The van der Waals surface area contributed by atoms with Gasteiger partial charge in [0.05, 0.1) is 5.60 Å². The lowest BCUT2D eigenvalue weighted by Crippen LogP contribution is -2.52. The van der Waals surface area contributed by atoms with Crippen LogP contribution in [-0.2, 0) is 4.74 Å². The molecule has 4 fully saturated rings. The fourth-order valence-corrected chi connectivity index (χ4v) is 7.75. The molecule has 0 aromatic heterocycles. The topological polar surface area (TPSA) is 61.8 Å². The Morgan fingerprint density at radius 1 is 1.10 bits per heavy atom. The first-order chi connectivity index (χ1) is 14.8. The van der Waals surface area contributed by atoms with E-state index in [1.54, 1.807) is 0 Å². The van der Waals surface area contributed by atoms with Crippen LogP contribution in [0.15, 0.2) is 0 Å². The number of nitrogens with one attached hydrogen (secondary N) is 1. The van der Waals surface area contributed by atoms with Crippen molar-refractivity contribution in [1.82, 2.24) is 10.2 Å². The zero-order chi connectivity index (χ0) is 22.1. The number of fused-ring (bicyclic) bond motifs is 1. The minimum Gasteiger partial charge on any atom is -0.446 e. The van der Waals surface area contributed by atoms with Gasteiger partial charge in [-0.15, -0.1) is 0 Å². The number of rotatable bonds is 6. The van der Waals surface area contributed by atoms with E-state index in [0.29, 0.717) is 18.4 Å². The Morgan fingerprint density at radius 2 is 1.87 bits per heavy atom. The number of likely N-dealkylation sites (tertiary alicyclic amines) is 1. The minimum absolute atomic E-state index is 0.0354. The van der Waals surface area contributed by atoms with Gasteiger partial charge < -0.3 is 20.1 Å². The maximum absolute atomic E-state index is 12.4. The normalized spacial score (nSPS) is 43.5. The molecule has 3 saturated carbocycles. The highest BCUT2D eigenvalue weighted by Crippen LogP contribution is 2.61. The first kappa shape index (κ1) is 23.4. The maximum Gasteiger partial charge on any atom is 0.407 e. The summed E-state index contributed by atoms with van der Waals surface area (Å²) in [5.74, 6) is 1.15. The van der Waals surface area contributed by atoms with Crippen molar-refractivity contribution in [2.24, 2.45) is 22.7 Å². The number of carbonyl (C=O) groups is 1. The van der Waals surface area contributed by atoms with Gasteiger partial charge >= 0.3 is 6.09 Å². The van der Waals surface area contributed by atoms with Crippen molar-refractivity contribution in [2.45, 2.75) is 110 Å². The smallest absolute Gasteiger partial charge is 0.407 e. The predicted molar refractivity (Wildman–Crippen MR) is 124 cm³/mol. The first-order valence-electron chi connectivity index (χ1n) is 13.2. The van der Waals surface area contributed by atoms with Crippen LogP contribution in [0.1, 0.15) is 97.8 Å². The van der Waals surface area contributed by atoms with Crippen LogP contribution in [-0.4, -0.2) is 54.0 Å². The summed E-state index contributed by atoms with van der Waals surface area (Å²) in [7, 11) is 0. The van der Waals surface area contributed by atoms with Crippen LogP contribution in [0.3, 0.4) is 0 Å². The summed E-state index contributed by atoms with van der Waals surface area (Å²) in [4.78, 5) is 14.8. The van der Waals surface area contributed by atoms with Gasteiger partial charge in [0.2, 0.25) is 0 Å². The molecule has 1 amide bonds. The predicted octanol–water partition coefficient (Wildman–Crippen LogP) is 5.11. The highest BCUT2D eigenvalue weighted by Gasteiger charge is 2.57. The van der Waals surface area contributed by atoms with Crippen molar-refractivity contribution >= 4 is 6.09 Å². The van der Waals surface area contributed by atoms with Crippen molar-refractivity contribution in [3.63, 3.8) is 0 Å². The molecule has 1 saturated heterocycles. The fraction of sp³-hybridized carbons (Fsp3) is 0.962. The number of carbonyl (C=O) groups excluding carboxylic acids is 1. The highest BCUT2D eigenvalue weighted by atomic mass is 16.6. The Morgan fingerprint density at radius 3 is 2.61 bits per heavy atom. The van der Waals surface area contributed by atoms with Gasteiger partial charge in [0.1, 0.15) is 6.10 Å². The molecule has 3 aliphatic carbocycles. The zero-order valence-corrected chi connectivity index (χ0v) is 20.3. The number of nitrogens with zero attached hydrogens (tertiary/aromatic N) is 1. The van der Waals surface area contributed by atoms with E-state index in [4.69, 9.17) is 4.74 Å². The van der Waals surface area contributed by atoms with Crippen LogP contribution in [0.5, 0.6) is 0 Å². The molecule has 1 aliphatic heterocycles. The third-order valence-electron chi connectivity index (χ3n) is 10.2. The van der Waals surface area contributed by atoms with Crippen LogP contribution >= 0.6 is 0 Å². The molecule has 0 spiro atoms. The summed E-state index contributed by atoms with van der Waals surface area (Å²) >= 11 is 0. The van der Waals surface area contributed by atoms with Gasteiger partial charge in [0.15, 0.2) is 0 Å². The van der Waals surface area contributed by atoms with E-state index >= 15 is 0 Å². The van der Waals surface area contributed by atoms with E-state index in [-0.39, 0.29) is 23.0 Å².